The maximum atomic E-state index is 12.0. The molecule has 0 unspecified atom stereocenters. The van der Waals surface area contributed by atoms with Crippen LogP contribution in [0.3, 0.4) is 0 Å². The van der Waals surface area contributed by atoms with E-state index in [1.807, 2.05) is 19.1 Å². The number of aryl methyl sites for hydroxylation is 1. The van der Waals surface area contributed by atoms with Crippen molar-refractivity contribution >= 4 is 29.5 Å². The minimum absolute atomic E-state index is 0.0828. The zero-order valence-corrected chi connectivity index (χ0v) is 13.4. The molecule has 0 aliphatic carbocycles. The maximum absolute atomic E-state index is 12.0. The summed E-state index contributed by atoms with van der Waals surface area (Å²) in [7, 11) is 0. The highest BCUT2D eigenvalue weighted by Crippen LogP contribution is 2.10. The molecule has 0 radical (unpaired) electrons. The third-order valence-corrected chi connectivity index (χ3v) is 3.49. The molecule has 1 fully saturated rings. The highest BCUT2D eigenvalue weighted by Gasteiger charge is 2.30. The fraction of sp³-hybridized carbons (Fsp3) is 0.375. The SMILES string of the molecule is Cc1ccc(NC(=O)[C@@H](C)OC(=O)CC[C@H]2NC(=O)NC2=O)cc1. The molecule has 1 aromatic carbocycles. The van der Waals surface area contributed by atoms with Crippen LogP contribution in [0.4, 0.5) is 10.5 Å². The van der Waals surface area contributed by atoms with Crippen molar-refractivity contribution in [3.63, 3.8) is 0 Å². The molecule has 0 spiro atoms. The molecule has 1 aliphatic rings. The lowest BCUT2D eigenvalue weighted by molar-refractivity contribution is -0.153. The van der Waals surface area contributed by atoms with Gasteiger partial charge in [0.1, 0.15) is 6.04 Å². The first-order valence-electron chi connectivity index (χ1n) is 7.53. The number of esters is 1. The molecule has 0 aromatic heterocycles. The zero-order valence-electron chi connectivity index (χ0n) is 13.4. The minimum Gasteiger partial charge on any atom is -0.453 e. The van der Waals surface area contributed by atoms with Crippen LogP contribution in [0.5, 0.6) is 0 Å². The fourth-order valence-electron chi connectivity index (χ4n) is 2.11. The molecular weight excluding hydrogens is 314 g/mol. The molecule has 2 rings (SSSR count). The summed E-state index contributed by atoms with van der Waals surface area (Å²) in [4.78, 5) is 46.0. The van der Waals surface area contributed by atoms with Crippen molar-refractivity contribution < 1.29 is 23.9 Å². The Morgan fingerprint density at radius 1 is 1.25 bits per heavy atom. The highest BCUT2D eigenvalue weighted by molar-refractivity contribution is 6.04. The van der Waals surface area contributed by atoms with Crippen LogP contribution in [0.25, 0.3) is 0 Å². The van der Waals surface area contributed by atoms with Crippen LogP contribution < -0.4 is 16.0 Å². The number of hydrogen-bond donors (Lipinski definition) is 3. The number of benzene rings is 1. The van der Waals surface area contributed by atoms with Crippen LogP contribution in [-0.2, 0) is 19.1 Å². The smallest absolute Gasteiger partial charge is 0.322 e. The Labute approximate surface area is 138 Å². The number of carbonyl (C=O) groups excluding carboxylic acids is 4. The molecule has 128 valence electrons. The topological polar surface area (TPSA) is 114 Å². The zero-order chi connectivity index (χ0) is 17.7. The highest BCUT2D eigenvalue weighted by atomic mass is 16.5. The van der Waals surface area contributed by atoms with Gasteiger partial charge in [-0.2, -0.15) is 0 Å². The van der Waals surface area contributed by atoms with E-state index in [2.05, 4.69) is 16.0 Å². The number of rotatable bonds is 6. The first-order valence-corrected chi connectivity index (χ1v) is 7.53. The third-order valence-electron chi connectivity index (χ3n) is 3.49. The van der Waals surface area contributed by atoms with E-state index in [1.165, 1.54) is 6.92 Å². The average molecular weight is 333 g/mol. The van der Waals surface area contributed by atoms with Gasteiger partial charge in [-0.05, 0) is 32.4 Å². The van der Waals surface area contributed by atoms with E-state index < -0.39 is 36.0 Å². The van der Waals surface area contributed by atoms with Crippen LogP contribution in [0.1, 0.15) is 25.3 Å². The summed E-state index contributed by atoms with van der Waals surface area (Å²) in [6.45, 7) is 3.40. The van der Waals surface area contributed by atoms with Crippen LogP contribution in [0.15, 0.2) is 24.3 Å². The summed E-state index contributed by atoms with van der Waals surface area (Å²) in [5, 5.41) is 7.11. The molecule has 3 N–H and O–H groups in total. The summed E-state index contributed by atoms with van der Waals surface area (Å²) >= 11 is 0. The number of imide groups is 1. The second-order valence-electron chi connectivity index (χ2n) is 5.54. The largest absolute Gasteiger partial charge is 0.453 e. The van der Waals surface area contributed by atoms with Gasteiger partial charge in [-0.25, -0.2) is 4.79 Å². The molecular formula is C16H19N3O5. The predicted octanol–water partition coefficient (Wildman–Crippen LogP) is 0.853. The Balaban J connectivity index is 1.76. The Bertz CT molecular complexity index is 656. The summed E-state index contributed by atoms with van der Waals surface area (Å²) in [6, 6.07) is 5.89. The van der Waals surface area contributed by atoms with Gasteiger partial charge in [-0.15, -0.1) is 0 Å². The Kier molecular flexibility index (Phi) is 5.51. The molecule has 1 saturated heterocycles. The summed E-state index contributed by atoms with van der Waals surface area (Å²) in [6.07, 6.45) is -0.936. The van der Waals surface area contributed by atoms with E-state index in [0.29, 0.717) is 5.69 Å². The third kappa shape index (κ3) is 4.80. The van der Waals surface area contributed by atoms with Crippen molar-refractivity contribution in [2.75, 3.05) is 5.32 Å². The summed E-state index contributed by atoms with van der Waals surface area (Å²) in [5.41, 5.74) is 1.68. The van der Waals surface area contributed by atoms with E-state index >= 15 is 0 Å². The molecule has 1 heterocycles. The number of anilines is 1. The standard InChI is InChI=1S/C16H19N3O5/c1-9-3-5-11(6-4-9)17-14(21)10(2)24-13(20)8-7-12-15(22)19-16(23)18-12/h3-6,10,12H,7-8H2,1-2H3,(H,17,21)(H2,18,19,22,23)/t10-,12-/m1/s1. The van der Waals surface area contributed by atoms with E-state index in [-0.39, 0.29) is 12.8 Å². The molecule has 0 saturated carbocycles. The number of ether oxygens (including phenoxy) is 1. The fourth-order valence-corrected chi connectivity index (χ4v) is 2.11. The van der Waals surface area contributed by atoms with Gasteiger partial charge in [0.15, 0.2) is 6.10 Å². The lowest BCUT2D eigenvalue weighted by atomic mass is 10.1. The van der Waals surface area contributed by atoms with E-state index in [4.69, 9.17) is 4.74 Å². The molecule has 8 heteroatoms. The first kappa shape index (κ1) is 17.5. The van der Waals surface area contributed by atoms with Gasteiger partial charge in [0, 0.05) is 12.1 Å². The Morgan fingerprint density at radius 3 is 2.50 bits per heavy atom. The van der Waals surface area contributed by atoms with Gasteiger partial charge < -0.3 is 15.4 Å². The van der Waals surface area contributed by atoms with Gasteiger partial charge in [-0.1, -0.05) is 17.7 Å². The van der Waals surface area contributed by atoms with Crippen LogP contribution >= 0.6 is 0 Å². The van der Waals surface area contributed by atoms with Crippen LogP contribution in [0.2, 0.25) is 0 Å². The van der Waals surface area contributed by atoms with Gasteiger partial charge in [0.25, 0.3) is 11.8 Å². The van der Waals surface area contributed by atoms with E-state index in [1.54, 1.807) is 12.1 Å². The van der Waals surface area contributed by atoms with Gasteiger partial charge in [0.05, 0.1) is 0 Å². The lowest BCUT2D eigenvalue weighted by Crippen LogP contribution is -2.32. The quantitative estimate of drug-likeness (QED) is 0.528. The van der Waals surface area contributed by atoms with Crippen molar-refractivity contribution in [1.29, 1.82) is 0 Å². The summed E-state index contributed by atoms with van der Waals surface area (Å²) < 4.78 is 5.03. The molecule has 2 atom stereocenters. The van der Waals surface area contributed by atoms with Crippen molar-refractivity contribution in [2.24, 2.45) is 0 Å². The number of amides is 4. The molecule has 24 heavy (non-hydrogen) atoms. The van der Waals surface area contributed by atoms with Gasteiger partial charge >= 0.3 is 12.0 Å². The molecule has 0 bridgehead atoms. The molecule has 8 nitrogen and oxygen atoms in total. The van der Waals surface area contributed by atoms with Gasteiger partial charge in [-0.3, -0.25) is 19.7 Å². The van der Waals surface area contributed by atoms with Crippen molar-refractivity contribution in [3.8, 4) is 0 Å². The maximum Gasteiger partial charge on any atom is 0.322 e. The van der Waals surface area contributed by atoms with Crippen LogP contribution in [-0.4, -0.2) is 36.0 Å². The van der Waals surface area contributed by atoms with E-state index in [0.717, 1.165) is 5.56 Å². The Hall–Kier alpha value is -2.90. The monoisotopic (exact) mass is 333 g/mol. The normalized spacial score (nSPS) is 17.7. The average Bonchev–Trinajstić information content (AvgIpc) is 2.85. The first-order chi connectivity index (χ1) is 11.3. The van der Waals surface area contributed by atoms with Crippen LogP contribution in [0, 0.1) is 6.92 Å². The molecule has 4 amide bonds. The van der Waals surface area contributed by atoms with Crippen molar-refractivity contribution in [1.82, 2.24) is 10.6 Å². The number of hydrogen-bond acceptors (Lipinski definition) is 5. The predicted molar refractivity (Wildman–Crippen MR) is 85.1 cm³/mol. The second kappa shape index (κ2) is 7.58. The number of urea groups is 1. The minimum atomic E-state index is -0.967. The Morgan fingerprint density at radius 2 is 1.92 bits per heavy atom. The number of nitrogens with one attached hydrogen (secondary N) is 3. The second-order valence-corrected chi connectivity index (χ2v) is 5.54. The molecule has 1 aliphatic heterocycles. The lowest BCUT2D eigenvalue weighted by Gasteiger charge is -2.14. The summed E-state index contributed by atoms with van der Waals surface area (Å²) in [5.74, 6) is -1.53. The van der Waals surface area contributed by atoms with Crippen molar-refractivity contribution in [2.45, 2.75) is 38.8 Å². The van der Waals surface area contributed by atoms with Crippen molar-refractivity contribution in [3.05, 3.63) is 29.8 Å². The van der Waals surface area contributed by atoms with Gasteiger partial charge in [0.2, 0.25) is 0 Å². The molecule has 1 aromatic rings. The number of carbonyl (C=O) groups is 4. The van der Waals surface area contributed by atoms with E-state index in [9.17, 15) is 19.2 Å².